The molecule has 0 radical (unpaired) electrons. The molecule has 2 fully saturated rings. The Morgan fingerprint density at radius 3 is 2.12 bits per heavy atom. The number of halogens is 1. The van der Waals surface area contributed by atoms with E-state index in [-0.39, 0.29) is 0 Å². The first-order chi connectivity index (χ1) is 15.4. The van der Waals surface area contributed by atoms with Gasteiger partial charge in [0, 0.05) is 57.9 Å². The Morgan fingerprint density at radius 1 is 0.906 bits per heavy atom. The number of carboxylic acids is 1. The molecule has 5 nitrogen and oxygen atoms in total. The van der Waals surface area contributed by atoms with Crippen LogP contribution in [0.4, 0.5) is 4.39 Å². The molecule has 2 heterocycles. The zero-order valence-electron chi connectivity index (χ0n) is 19.1. The number of hydrogen-bond acceptors (Lipinski definition) is 4. The molecule has 2 aliphatic rings. The quantitative estimate of drug-likeness (QED) is 0.706. The minimum absolute atomic E-state index is 0.330. The largest absolute Gasteiger partial charge is 0.478 e. The van der Waals surface area contributed by atoms with Crippen LogP contribution in [0.5, 0.6) is 0 Å². The van der Waals surface area contributed by atoms with Gasteiger partial charge < -0.3 is 5.11 Å². The highest BCUT2D eigenvalue weighted by atomic mass is 19.1. The maximum Gasteiger partial charge on any atom is 0.335 e. The Balaban J connectivity index is 1.33. The maximum absolute atomic E-state index is 13.5. The second-order valence-corrected chi connectivity index (χ2v) is 9.51. The summed E-state index contributed by atoms with van der Waals surface area (Å²) >= 11 is 0. The third kappa shape index (κ3) is 5.74. The van der Waals surface area contributed by atoms with Crippen molar-refractivity contribution >= 4 is 5.97 Å². The van der Waals surface area contributed by atoms with Gasteiger partial charge in [-0.05, 0) is 49.1 Å². The Labute approximate surface area is 190 Å². The first kappa shape index (κ1) is 22.9. The van der Waals surface area contributed by atoms with Crippen molar-refractivity contribution in [3.63, 3.8) is 0 Å². The lowest BCUT2D eigenvalue weighted by Crippen LogP contribution is -2.55. The molecule has 2 aliphatic heterocycles. The molecule has 0 amide bonds. The minimum atomic E-state index is -0.886. The van der Waals surface area contributed by atoms with Crippen LogP contribution in [-0.2, 0) is 19.6 Å². The summed E-state index contributed by atoms with van der Waals surface area (Å²) in [7, 11) is 0. The lowest BCUT2D eigenvalue weighted by atomic mass is 10.0. The van der Waals surface area contributed by atoms with E-state index in [0.29, 0.717) is 30.6 Å². The zero-order chi connectivity index (χ0) is 22.7. The van der Waals surface area contributed by atoms with Gasteiger partial charge in [-0.15, -0.1) is 0 Å². The van der Waals surface area contributed by atoms with E-state index in [1.54, 1.807) is 12.1 Å². The molecule has 0 spiro atoms. The van der Waals surface area contributed by atoms with Crippen molar-refractivity contribution < 1.29 is 14.3 Å². The summed E-state index contributed by atoms with van der Waals surface area (Å²) in [6.45, 7) is 10.5. The van der Waals surface area contributed by atoms with Crippen molar-refractivity contribution in [1.82, 2.24) is 14.7 Å². The number of likely N-dealkylation sites (tertiary alicyclic amines) is 1. The normalized spacial score (nSPS) is 25.3. The molecule has 0 bridgehead atoms. The molecule has 0 saturated carbocycles. The van der Waals surface area contributed by atoms with Crippen molar-refractivity contribution in [2.24, 2.45) is 0 Å². The van der Waals surface area contributed by atoms with Gasteiger partial charge in [-0.2, -0.15) is 0 Å². The van der Waals surface area contributed by atoms with Crippen molar-refractivity contribution in [2.45, 2.75) is 58.2 Å². The fourth-order valence-corrected chi connectivity index (χ4v) is 5.14. The summed E-state index contributed by atoms with van der Waals surface area (Å²) in [6, 6.07) is 16.8. The Morgan fingerprint density at radius 2 is 1.53 bits per heavy atom. The van der Waals surface area contributed by atoms with E-state index < -0.39 is 12.1 Å². The van der Waals surface area contributed by atoms with E-state index in [0.717, 1.165) is 44.8 Å². The molecule has 32 heavy (non-hydrogen) atoms. The molecule has 172 valence electrons. The maximum atomic E-state index is 13.5. The molecule has 4 rings (SSSR count). The van der Waals surface area contributed by atoms with Crippen LogP contribution in [-0.4, -0.2) is 70.2 Å². The Kier molecular flexibility index (Phi) is 7.23. The number of nitrogens with zero attached hydrogens (tertiary/aromatic N) is 3. The van der Waals surface area contributed by atoms with Crippen LogP contribution in [0, 0.1) is 0 Å². The van der Waals surface area contributed by atoms with Crippen molar-refractivity contribution in [3.8, 4) is 0 Å². The zero-order valence-corrected chi connectivity index (χ0v) is 19.1. The highest BCUT2D eigenvalue weighted by Crippen LogP contribution is 2.22. The lowest BCUT2D eigenvalue weighted by molar-refractivity contribution is 0.0290. The van der Waals surface area contributed by atoms with E-state index in [1.165, 1.54) is 11.1 Å². The second kappa shape index (κ2) is 10.1. The molecular formula is C26H34FN3O2. The van der Waals surface area contributed by atoms with Crippen molar-refractivity contribution in [1.29, 1.82) is 0 Å². The summed E-state index contributed by atoms with van der Waals surface area (Å²) in [4.78, 5) is 18.3. The minimum Gasteiger partial charge on any atom is -0.478 e. The standard InChI is InChI=1S/C26H34FN3O2/c1-19-13-29(15-21-6-8-24(9-7-21)26(31)32)14-20(2)30(19)17-23-5-3-4-22(12-23)16-28-11-10-25(27)18-28/h3-9,12,19-20,25H,10-11,13-18H2,1-2H3,(H,31,32)/t19-,20+,25-/m1/s1. The molecule has 0 unspecified atom stereocenters. The van der Waals surface area contributed by atoms with Gasteiger partial charge in [0.25, 0.3) is 0 Å². The average molecular weight is 440 g/mol. The van der Waals surface area contributed by atoms with E-state index >= 15 is 0 Å². The van der Waals surface area contributed by atoms with E-state index in [2.05, 4.69) is 52.8 Å². The first-order valence-electron chi connectivity index (χ1n) is 11.6. The number of carboxylic acid groups (broad SMARTS) is 1. The summed E-state index contributed by atoms with van der Waals surface area (Å²) in [5.74, 6) is -0.886. The number of hydrogen-bond donors (Lipinski definition) is 1. The van der Waals surface area contributed by atoms with Gasteiger partial charge in [0.05, 0.1) is 5.56 Å². The number of carbonyl (C=O) groups is 1. The SMILES string of the molecule is C[C@@H]1CN(Cc2ccc(C(=O)O)cc2)C[C@H](C)N1Cc1cccc(CN2CC[C@@H](F)C2)c1. The van der Waals surface area contributed by atoms with E-state index in [4.69, 9.17) is 5.11 Å². The molecule has 3 atom stereocenters. The molecule has 2 saturated heterocycles. The number of alkyl halides is 1. The first-order valence-corrected chi connectivity index (χ1v) is 11.6. The van der Waals surface area contributed by atoms with E-state index in [1.807, 2.05) is 12.1 Å². The molecular weight excluding hydrogens is 405 g/mol. The Bertz CT molecular complexity index is 908. The smallest absolute Gasteiger partial charge is 0.335 e. The summed E-state index contributed by atoms with van der Waals surface area (Å²) in [5.41, 5.74) is 4.06. The number of rotatable bonds is 7. The van der Waals surface area contributed by atoms with Gasteiger partial charge in [-0.3, -0.25) is 14.7 Å². The molecule has 6 heteroatoms. The average Bonchev–Trinajstić information content (AvgIpc) is 3.16. The highest BCUT2D eigenvalue weighted by Gasteiger charge is 2.29. The van der Waals surface area contributed by atoms with Crippen LogP contribution in [0.25, 0.3) is 0 Å². The predicted octanol–water partition coefficient (Wildman–Crippen LogP) is 4.02. The van der Waals surface area contributed by atoms with Crippen molar-refractivity contribution in [3.05, 3.63) is 70.8 Å². The van der Waals surface area contributed by atoms with Gasteiger partial charge in [-0.25, -0.2) is 9.18 Å². The molecule has 0 aromatic heterocycles. The van der Waals surface area contributed by atoms with Crippen LogP contribution in [0.3, 0.4) is 0 Å². The van der Waals surface area contributed by atoms with Gasteiger partial charge >= 0.3 is 5.97 Å². The topological polar surface area (TPSA) is 47.0 Å². The number of benzene rings is 2. The van der Waals surface area contributed by atoms with Crippen molar-refractivity contribution in [2.75, 3.05) is 26.2 Å². The van der Waals surface area contributed by atoms with E-state index in [9.17, 15) is 9.18 Å². The monoisotopic (exact) mass is 439 g/mol. The molecule has 1 N–H and O–H groups in total. The molecule has 2 aromatic rings. The van der Waals surface area contributed by atoms with Crippen LogP contribution < -0.4 is 0 Å². The second-order valence-electron chi connectivity index (χ2n) is 9.51. The summed E-state index contributed by atoms with van der Waals surface area (Å²) in [5, 5.41) is 9.08. The lowest BCUT2D eigenvalue weighted by Gasteiger charge is -2.44. The Hall–Kier alpha value is -2.28. The van der Waals surface area contributed by atoms with Gasteiger partial charge in [0.15, 0.2) is 0 Å². The third-order valence-corrected chi connectivity index (χ3v) is 6.76. The third-order valence-electron chi connectivity index (χ3n) is 6.76. The molecule has 0 aliphatic carbocycles. The number of aromatic carboxylic acids is 1. The van der Waals surface area contributed by atoms with Crippen LogP contribution in [0.15, 0.2) is 48.5 Å². The van der Waals surface area contributed by atoms with Gasteiger partial charge in [-0.1, -0.05) is 36.4 Å². The highest BCUT2D eigenvalue weighted by molar-refractivity contribution is 5.87. The van der Waals surface area contributed by atoms with Gasteiger partial charge in [0.1, 0.15) is 6.17 Å². The van der Waals surface area contributed by atoms with Gasteiger partial charge in [0.2, 0.25) is 0 Å². The predicted molar refractivity (Wildman–Crippen MR) is 124 cm³/mol. The van der Waals surface area contributed by atoms with Crippen LogP contribution in [0.1, 0.15) is 47.3 Å². The van der Waals surface area contributed by atoms with Crippen LogP contribution >= 0.6 is 0 Å². The molecule has 2 aromatic carbocycles. The number of piperazine rings is 1. The summed E-state index contributed by atoms with van der Waals surface area (Å²) in [6.07, 6.45) is -0.0193. The van der Waals surface area contributed by atoms with Crippen LogP contribution in [0.2, 0.25) is 0 Å². The fourth-order valence-electron chi connectivity index (χ4n) is 5.14. The summed E-state index contributed by atoms with van der Waals surface area (Å²) < 4.78 is 13.5. The fraction of sp³-hybridized carbons (Fsp3) is 0.500.